The number of carbonyl (C=O) groups is 1. The van der Waals surface area contributed by atoms with Crippen LogP contribution >= 0.6 is 0 Å². The molecule has 1 saturated carbocycles. The highest BCUT2D eigenvalue weighted by Crippen LogP contribution is 2.54. The van der Waals surface area contributed by atoms with Crippen LogP contribution in [0.25, 0.3) is 0 Å². The van der Waals surface area contributed by atoms with Gasteiger partial charge in [-0.3, -0.25) is 4.79 Å². The van der Waals surface area contributed by atoms with E-state index in [-0.39, 0.29) is 11.9 Å². The summed E-state index contributed by atoms with van der Waals surface area (Å²) < 4.78 is 11.3. The zero-order valence-electron chi connectivity index (χ0n) is 12.7. The Bertz CT molecular complexity index is 736. The number of hydrogen-bond acceptors (Lipinski definition) is 3. The second kappa shape index (κ2) is 5.92. The standard InChI is InChI=1S/C20H18O3/c21-20(19-17-10-5-11-18(17)19)22-13-14-6-4-9-16(12-14)23-15-7-2-1-3-8-15/h1-10,12,17-19H,11,13H2/t17-,18+,19+/m0/s1. The Balaban J connectivity index is 1.35. The molecule has 2 aliphatic carbocycles. The van der Waals surface area contributed by atoms with Crippen LogP contribution in [-0.2, 0) is 16.1 Å². The molecule has 0 bridgehead atoms. The lowest BCUT2D eigenvalue weighted by Gasteiger charge is -2.09. The molecule has 0 saturated heterocycles. The molecule has 2 aromatic carbocycles. The first-order valence-corrected chi connectivity index (χ1v) is 7.96. The first-order valence-electron chi connectivity index (χ1n) is 7.96. The van der Waals surface area contributed by atoms with Gasteiger partial charge in [-0.05, 0) is 48.1 Å². The van der Waals surface area contributed by atoms with Crippen molar-refractivity contribution in [1.29, 1.82) is 0 Å². The van der Waals surface area contributed by atoms with Gasteiger partial charge in [0, 0.05) is 0 Å². The third-order valence-corrected chi connectivity index (χ3v) is 4.53. The third-order valence-electron chi connectivity index (χ3n) is 4.53. The van der Waals surface area contributed by atoms with Crippen LogP contribution in [0.3, 0.4) is 0 Å². The lowest BCUT2D eigenvalue weighted by molar-refractivity contribution is -0.147. The molecule has 0 heterocycles. The van der Waals surface area contributed by atoms with Crippen molar-refractivity contribution in [3.05, 3.63) is 72.3 Å². The normalized spacial score (nSPS) is 24.1. The third kappa shape index (κ3) is 3.00. The minimum Gasteiger partial charge on any atom is -0.461 e. The van der Waals surface area contributed by atoms with E-state index < -0.39 is 0 Å². The van der Waals surface area contributed by atoms with Crippen molar-refractivity contribution in [2.24, 2.45) is 17.8 Å². The maximum atomic E-state index is 12.1. The summed E-state index contributed by atoms with van der Waals surface area (Å²) in [4.78, 5) is 12.1. The Morgan fingerprint density at radius 1 is 1.04 bits per heavy atom. The number of hydrogen-bond donors (Lipinski definition) is 0. The number of rotatable bonds is 5. The SMILES string of the molecule is O=C(OCc1cccc(Oc2ccccc2)c1)[C@@H]1[C@H]2C=CC[C@H]21. The Morgan fingerprint density at radius 2 is 1.87 bits per heavy atom. The number of carbonyl (C=O) groups excluding carboxylic acids is 1. The fourth-order valence-corrected chi connectivity index (χ4v) is 3.27. The van der Waals surface area contributed by atoms with E-state index in [2.05, 4.69) is 12.2 Å². The van der Waals surface area contributed by atoms with Gasteiger partial charge in [0.05, 0.1) is 5.92 Å². The van der Waals surface area contributed by atoms with Crippen LogP contribution in [0.1, 0.15) is 12.0 Å². The lowest BCUT2D eigenvalue weighted by atomic mass is 10.2. The largest absolute Gasteiger partial charge is 0.461 e. The van der Waals surface area contributed by atoms with Crippen molar-refractivity contribution in [2.75, 3.05) is 0 Å². The van der Waals surface area contributed by atoms with Crippen LogP contribution in [0.2, 0.25) is 0 Å². The van der Waals surface area contributed by atoms with Crippen molar-refractivity contribution < 1.29 is 14.3 Å². The molecule has 0 unspecified atom stereocenters. The van der Waals surface area contributed by atoms with Gasteiger partial charge in [-0.2, -0.15) is 0 Å². The summed E-state index contributed by atoms with van der Waals surface area (Å²) >= 11 is 0. The van der Waals surface area contributed by atoms with Gasteiger partial charge in [0.1, 0.15) is 18.1 Å². The molecular weight excluding hydrogens is 288 g/mol. The molecule has 116 valence electrons. The summed E-state index contributed by atoms with van der Waals surface area (Å²) in [6, 6.07) is 17.3. The fourth-order valence-electron chi connectivity index (χ4n) is 3.27. The van der Waals surface area contributed by atoms with Crippen molar-refractivity contribution >= 4 is 5.97 Å². The quantitative estimate of drug-likeness (QED) is 0.609. The van der Waals surface area contributed by atoms with E-state index >= 15 is 0 Å². The molecule has 3 atom stereocenters. The second-order valence-electron chi connectivity index (χ2n) is 6.10. The van der Waals surface area contributed by atoms with E-state index in [0.717, 1.165) is 23.5 Å². The molecule has 0 aliphatic heterocycles. The molecule has 0 radical (unpaired) electrons. The fraction of sp³-hybridized carbons (Fsp3) is 0.250. The number of para-hydroxylation sites is 1. The molecule has 3 heteroatoms. The van der Waals surface area contributed by atoms with Crippen LogP contribution in [0, 0.1) is 17.8 Å². The summed E-state index contributed by atoms with van der Waals surface area (Å²) in [6.07, 6.45) is 5.32. The van der Waals surface area contributed by atoms with Gasteiger partial charge < -0.3 is 9.47 Å². The van der Waals surface area contributed by atoms with E-state index in [1.165, 1.54) is 0 Å². The van der Waals surface area contributed by atoms with Gasteiger partial charge in [0.25, 0.3) is 0 Å². The van der Waals surface area contributed by atoms with E-state index in [0.29, 0.717) is 18.4 Å². The molecule has 2 aliphatic rings. The average Bonchev–Trinajstić information content (AvgIpc) is 3.06. The number of fused-ring (bicyclic) bond motifs is 1. The zero-order valence-corrected chi connectivity index (χ0v) is 12.7. The molecule has 4 rings (SSSR count). The predicted octanol–water partition coefficient (Wildman–Crippen LogP) is 4.34. The summed E-state index contributed by atoms with van der Waals surface area (Å²) in [7, 11) is 0. The van der Waals surface area contributed by atoms with Crippen molar-refractivity contribution in [3.63, 3.8) is 0 Å². The minimum atomic E-state index is -0.0706. The van der Waals surface area contributed by atoms with Gasteiger partial charge in [0.15, 0.2) is 0 Å². The summed E-state index contributed by atoms with van der Waals surface area (Å²) in [5.41, 5.74) is 0.938. The molecule has 0 amide bonds. The smallest absolute Gasteiger partial charge is 0.310 e. The lowest BCUT2D eigenvalue weighted by Crippen LogP contribution is -2.09. The second-order valence-corrected chi connectivity index (χ2v) is 6.10. The Kier molecular flexibility index (Phi) is 3.62. The van der Waals surface area contributed by atoms with Crippen LogP contribution in [0.4, 0.5) is 0 Å². The highest BCUT2D eigenvalue weighted by Gasteiger charge is 2.55. The average molecular weight is 306 g/mol. The van der Waals surface area contributed by atoms with E-state index in [1.54, 1.807) is 0 Å². The first-order chi connectivity index (χ1) is 11.3. The molecule has 0 N–H and O–H groups in total. The Morgan fingerprint density at radius 3 is 2.65 bits per heavy atom. The Hall–Kier alpha value is -2.55. The number of esters is 1. The highest BCUT2D eigenvalue weighted by atomic mass is 16.5. The van der Waals surface area contributed by atoms with E-state index in [1.807, 2.05) is 54.6 Å². The molecule has 1 fully saturated rings. The van der Waals surface area contributed by atoms with Crippen LogP contribution in [-0.4, -0.2) is 5.97 Å². The van der Waals surface area contributed by atoms with Crippen molar-refractivity contribution in [1.82, 2.24) is 0 Å². The van der Waals surface area contributed by atoms with Crippen LogP contribution in [0.15, 0.2) is 66.7 Å². The van der Waals surface area contributed by atoms with Crippen LogP contribution < -0.4 is 4.74 Å². The van der Waals surface area contributed by atoms with E-state index in [9.17, 15) is 4.79 Å². The maximum absolute atomic E-state index is 12.1. The first kappa shape index (κ1) is 14.1. The molecule has 2 aromatic rings. The summed E-state index contributed by atoms with van der Waals surface area (Å²) in [5.74, 6) is 2.48. The molecule has 3 nitrogen and oxygen atoms in total. The highest BCUT2D eigenvalue weighted by molar-refractivity contribution is 5.77. The topological polar surface area (TPSA) is 35.5 Å². The van der Waals surface area contributed by atoms with E-state index in [4.69, 9.17) is 9.47 Å². The molecule has 23 heavy (non-hydrogen) atoms. The van der Waals surface area contributed by atoms with Gasteiger partial charge >= 0.3 is 5.97 Å². The Labute approximate surface area is 135 Å². The predicted molar refractivity (Wildman–Crippen MR) is 87.0 cm³/mol. The van der Waals surface area contributed by atoms with Crippen molar-refractivity contribution in [2.45, 2.75) is 13.0 Å². The van der Waals surface area contributed by atoms with Gasteiger partial charge in [-0.1, -0.05) is 42.5 Å². The molecule has 0 spiro atoms. The number of allylic oxidation sites excluding steroid dienone is 2. The summed E-state index contributed by atoms with van der Waals surface area (Å²) in [6.45, 7) is 0.296. The maximum Gasteiger partial charge on any atom is 0.310 e. The number of benzene rings is 2. The van der Waals surface area contributed by atoms with Crippen LogP contribution in [0.5, 0.6) is 11.5 Å². The minimum absolute atomic E-state index is 0.0706. The monoisotopic (exact) mass is 306 g/mol. The van der Waals surface area contributed by atoms with Gasteiger partial charge in [0.2, 0.25) is 0 Å². The van der Waals surface area contributed by atoms with Crippen molar-refractivity contribution in [3.8, 4) is 11.5 Å². The zero-order chi connectivity index (χ0) is 15.6. The van der Waals surface area contributed by atoms with Gasteiger partial charge in [-0.15, -0.1) is 0 Å². The molecular formula is C20H18O3. The molecule has 0 aromatic heterocycles. The summed E-state index contributed by atoms with van der Waals surface area (Å²) in [5, 5.41) is 0. The van der Waals surface area contributed by atoms with Gasteiger partial charge in [-0.25, -0.2) is 0 Å². The number of ether oxygens (including phenoxy) is 2.